The molecule has 0 radical (unpaired) electrons. The monoisotopic (exact) mass is 335 g/mol. The molecule has 2 unspecified atom stereocenters. The first-order valence-electron chi connectivity index (χ1n) is 8.38. The number of aliphatic imine (C=N–C) groups is 1. The molecule has 0 aromatic heterocycles. The van der Waals surface area contributed by atoms with Crippen LogP contribution in [0, 0.1) is 11.5 Å². The average molecular weight is 336 g/mol. The summed E-state index contributed by atoms with van der Waals surface area (Å²) in [6, 6.07) is 0.0658. The highest BCUT2D eigenvalue weighted by Crippen LogP contribution is 2.24. The van der Waals surface area contributed by atoms with Gasteiger partial charge in [-0.2, -0.15) is 0 Å². The number of nitrogens with zero attached hydrogens (tertiary/aromatic N) is 2. The molecule has 1 amide bonds. The minimum absolute atomic E-state index is 0.0593. The Hall–Kier alpha value is -1.32. The van der Waals surface area contributed by atoms with E-state index in [0.29, 0.717) is 6.54 Å². The molecule has 0 aliphatic carbocycles. The second kappa shape index (κ2) is 6.66. The van der Waals surface area contributed by atoms with Gasteiger partial charge in [0.15, 0.2) is 0 Å². The lowest BCUT2D eigenvalue weighted by atomic mass is 10.2. The molecule has 2 heterocycles. The first-order chi connectivity index (χ1) is 10.6. The molecule has 2 aliphatic rings. The van der Waals surface area contributed by atoms with Gasteiger partial charge in [0.2, 0.25) is 0 Å². The molecule has 0 aromatic carbocycles. The summed E-state index contributed by atoms with van der Waals surface area (Å²) >= 11 is 0. The van der Waals surface area contributed by atoms with Crippen LogP contribution in [-0.4, -0.2) is 55.7 Å². The Labute approximate surface area is 140 Å². The molecule has 2 aliphatic heterocycles. The van der Waals surface area contributed by atoms with E-state index in [0.717, 1.165) is 25.1 Å². The Balaban J connectivity index is 2.05. The van der Waals surface area contributed by atoms with E-state index >= 15 is 0 Å². The topological polar surface area (TPSA) is 53.9 Å². The van der Waals surface area contributed by atoms with Crippen LogP contribution in [0.25, 0.3) is 0 Å². The zero-order valence-corrected chi connectivity index (χ0v) is 16.2. The molecule has 128 valence electrons. The summed E-state index contributed by atoms with van der Waals surface area (Å²) in [7, 11) is -1.39. The van der Waals surface area contributed by atoms with E-state index in [2.05, 4.69) is 36.4 Å². The lowest BCUT2D eigenvalue weighted by Crippen LogP contribution is -2.48. The number of hydrogen-bond donors (Lipinski definition) is 1. The smallest absolute Gasteiger partial charge is 0.410 e. The molecule has 23 heavy (non-hydrogen) atoms. The van der Waals surface area contributed by atoms with Crippen molar-refractivity contribution in [2.24, 2.45) is 4.99 Å². The molecule has 0 aromatic rings. The van der Waals surface area contributed by atoms with Gasteiger partial charge in [-0.05, 0) is 33.6 Å². The Kier molecular flexibility index (Phi) is 5.22. The highest BCUT2D eigenvalue weighted by atomic mass is 28.3. The molecular formula is C17H29N3O2Si. The normalized spacial score (nSPS) is 25.0. The lowest BCUT2D eigenvalue weighted by Gasteiger charge is -2.30. The van der Waals surface area contributed by atoms with Gasteiger partial charge in [0, 0.05) is 13.1 Å². The van der Waals surface area contributed by atoms with Gasteiger partial charge in [-0.15, -0.1) is 5.54 Å². The summed E-state index contributed by atoms with van der Waals surface area (Å²) in [5.74, 6) is 3.22. The largest absolute Gasteiger partial charge is 0.444 e. The third kappa shape index (κ3) is 5.36. The fraction of sp³-hybridized carbons (Fsp3) is 0.765. The number of rotatable bonds is 1. The van der Waals surface area contributed by atoms with Crippen LogP contribution in [0.5, 0.6) is 0 Å². The standard InChI is InChI=1S/C17H29N3O2Si/c1-17(2,3)22-16(21)20-10-7-8-14(20)15-18-12-13(19-15)9-11-23(4,5)6/h14-15,18H,7-8,10,12H2,1-6H3. The van der Waals surface area contributed by atoms with Crippen molar-refractivity contribution >= 4 is 19.9 Å². The van der Waals surface area contributed by atoms with Crippen molar-refractivity contribution in [3.05, 3.63) is 0 Å². The van der Waals surface area contributed by atoms with Crippen molar-refractivity contribution in [1.29, 1.82) is 0 Å². The van der Waals surface area contributed by atoms with E-state index in [4.69, 9.17) is 9.73 Å². The van der Waals surface area contributed by atoms with Crippen molar-refractivity contribution in [3.8, 4) is 11.5 Å². The quantitative estimate of drug-likeness (QED) is 0.592. The van der Waals surface area contributed by atoms with Crippen LogP contribution in [0.3, 0.4) is 0 Å². The molecule has 1 saturated heterocycles. The van der Waals surface area contributed by atoms with Crippen molar-refractivity contribution in [2.75, 3.05) is 13.1 Å². The summed E-state index contributed by atoms with van der Waals surface area (Å²) in [5.41, 5.74) is 3.80. The highest BCUT2D eigenvalue weighted by molar-refractivity contribution is 6.84. The van der Waals surface area contributed by atoms with Crippen LogP contribution >= 0.6 is 0 Å². The van der Waals surface area contributed by atoms with Gasteiger partial charge in [0.05, 0.1) is 11.8 Å². The summed E-state index contributed by atoms with van der Waals surface area (Å²) in [6.45, 7) is 13.8. The summed E-state index contributed by atoms with van der Waals surface area (Å²) in [4.78, 5) is 18.9. The molecule has 1 fully saturated rings. The van der Waals surface area contributed by atoms with Crippen LogP contribution in [0.4, 0.5) is 4.79 Å². The van der Waals surface area contributed by atoms with Crippen LogP contribution in [0.1, 0.15) is 33.6 Å². The fourth-order valence-electron chi connectivity index (χ4n) is 2.69. The van der Waals surface area contributed by atoms with Gasteiger partial charge in [-0.3, -0.25) is 10.3 Å². The maximum absolute atomic E-state index is 12.4. The summed E-state index contributed by atoms with van der Waals surface area (Å²) in [6.07, 6.45) is 1.65. The summed E-state index contributed by atoms with van der Waals surface area (Å²) in [5, 5.41) is 3.39. The number of nitrogens with one attached hydrogen (secondary N) is 1. The van der Waals surface area contributed by atoms with Gasteiger partial charge < -0.3 is 9.64 Å². The number of likely N-dealkylation sites (tertiary alicyclic amines) is 1. The minimum Gasteiger partial charge on any atom is -0.444 e. The SMILES string of the molecule is CC(C)(C)OC(=O)N1CCCC1C1N=C(C#C[Si](C)(C)C)CN1. The van der Waals surface area contributed by atoms with E-state index in [1.54, 1.807) is 0 Å². The van der Waals surface area contributed by atoms with Gasteiger partial charge >= 0.3 is 6.09 Å². The maximum Gasteiger partial charge on any atom is 0.410 e. The number of hydrogen-bond acceptors (Lipinski definition) is 4. The lowest BCUT2D eigenvalue weighted by molar-refractivity contribution is 0.0202. The Bertz CT molecular complexity index is 549. The predicted octanol–water partition coefficient (Wildman–Crippen LogP) is 2.64. The Morgan fingerprint density at radius 1 is 1.39 bits per heavy atom. The number of carbonyl (C=O) groups excluding carboxylic acids is 1. The van der Waals surface area contributed by atoms with Crippen molar-refractivity contribution in [2.45, 2.75) is 71.1 Å². The second-order valence-corrected chi connectivity index (χ2v) is 13.0. The molecule has 0 bridgehead atoms. The molecule has 2 atom stereocenters. The van der Waals surface area contributed by atoms with E-state index in [9.17, 15) is 4.79 Å². The molecule has 2 rings (SSSR count). The molecule has 0 saturated carbocycles. The number of amides is 1. The van der Waals surface area contributed by atoms with Gasteiger partial charge in [-0.1, -0.05) is 25.6 Å². The molecule has 5 nitrogen and oxygen atoms in total. The third-order valence-electron chi connectivity index (χ3n) is 3.65. The van der Waals surface area contributed by atoms with Gasteiger partial charge in [0.25, 0.3) is 0 Å². The Morgan fingerprint density at radius 2 is 2.09 bits per heavy atom. The summed E-state index contributed by atoms with van der Waals surface area (Å²) < 4.78 is 5.52. The van der Waals surface area contributed by atoms with E-state index in [1.807, 2.05) is 25.7 Å². The van der Waals surface area contributed by atoms with E-state index < -0.39 is 13.7 Å². The zero-order valence-electron chi connectivity index (χ0n) is 15.2. The van der Waals surface area contributed by atoms with Gasteiger partial charge in [0.1, 0.15) is 19.8 Å². The fourth-order valence-corrected chi connectivity index (χ4v) is 3.21. The van der Waals surface area contributed by atoms with Gasteiger partial charge in [-0.25, -0.2) is 4.79 Å². The molecule has 6 heteroatoms. The van der Waals surface area contributed by atoms with E-state index in [1.165, 1.54) is 0 Å². The third-order valence-corrected chi connectivity index (χ3v) is 4.52. The van der Waals surface area contributed by atoms with Crippen LogP contribution in [0.15, 0.2) is 4.99 Å². The minimum atomic E-state index is -1.39. The van der Waals surface area contributed by atoms with Crippen LogP contribution in [-0.2, 0) is 4.74 Å². The van der Waals surface area contributed by atoms with Crippen molar-refractivity contribution in [1.82, 2.24) is 10.2 Å². The molecule has 0 spiro atoms. The second-order valence-electron chi connectivity index (χ2n) is 8.28. The number of carbonyl (C=O) groups is 1. The van der Waals surface area contributed by atoms with Crippen LogP contribution in [0.2, 0.25) is 19.6 Å². The average Bonchev–Trinajstić information content (AvgIpc) is 3.02. The van der Waals surface area contributed by atoms with Crippen LogP contribution < -0.4 is 5.32 Å². The Morgan fingerprint density at radius 3 is 2.70 bits per heavy atom. The first kappa shape index (κ1) is 18.0. The van der Waals surface area contributed by atoms with E-state index in [-0.39, 0.29) is 18.3 Å². The molecule has 1 N–H and O–H groups in total. The first-order valence-corrected chi connectivity index (χ1v) is 11.9. The number of ether oxygens (including phenoxy) is 1. The van der Waals surface area contributed by atoms with Crippen molar-refractivity contribution in [3.63, 3.8) is 0 Å². The zero-order chi connectivity index (χ0) is 17.3. The van der Waals surface area contributed by atoms with Crippen molar-refractivity contribution < 1.29 is 9.53 Å². The predicted molar refractivity (Wildman–Crippen MR) is 96.3 cm³/mol. The molecular weight excluding hydrogens is 306 g/mol. The highest BCUT2D eigenvalue weighted by Gasteiger charge is 2.38. The maximum atomic E-state index is 12.4.